The molecule has 1 saturated carbocycles. The summed E-state index contributed by atoms with van der Waals surface area (Å²) in [6, 6.07) is 9.17. The quantitative estimate of drug-likeness (QED) is 0.438. The fourth-order valence-corrected chi connectivity index (χ4v) is 5.51. The number of pyridine rings is 1. The van der Waals surface area contributed by atoms with Crippen molar-refractivity contribution in [3.05, 3.63) is 59.9 Å². The van der Waals surface area contributed by atoms with Crippen molar-refractivity contribution in [2.45, 2.75) is 44.4 Å². The maximum Gasteiger partial charge on any atom is 0.163 e. The van der Waals surface area contributed by atoms with Crippen LogP contribution in [0.15, 0.2) is 42.9 Å². The number of aryl methyl sites for hydroxylation is 1. The zero-order valence-electron chi connectivity index (χ0n) is 18.3. The average molecular weight is 429 g/mol. The molecule has 4 heterocycles. The summed E-state index contributed by atoms with van der Waals surface area (Å²) in [6.07, 6.45) is 9.21. The molecule has 7 heteroatoms. The fraction of sp³-hybridized carbons (Fsp3) is 0.360. The molecule has 1 aliphatic heterocycles. The second-order valence-corrected chi connectivity index (χ2v) is 9.12. The third kappa shape index (κ3) is 2.83. The van der Waals surface area contributed by atoms with Crippen LogP contribution in [0.1, 0.15) is 43.4 Å². The molecule has 4 aromatic rings. The minimum atomic E-state index is -0.171. The monoisotopic (exact) mass is 428 g/mol. The molecule has 0 amide bonds. The summed E-state index contributed by atoms with van der Waals surface area (Å²) in [5, 5.41) is 4.37. The van der Waals surface area contributed by atoms with Crippen molar-refractivity contribution in [1.82, 2.24) is 24.7 Å². The highest BCUT2D eigenvalue weighted by Gasteiger charge is 2.44. The summed E-state index contributed by atoms with van der Waals surface area (Å²) in [6.45, 7) is 2.84. The Labute approximate surface area is 186 Å². The van der Waals surface area contributed by atoms with E-state index in [0.29, 0.717) is 0 Å². The van der Waals surface area contributed by atoms with Crippen molar-refractivity contribution in [3.8, 4) is 11.3 Å². The lowest BCUT2D eigenvalue weighted by molar-refractivity contribution is 0.313. The van der Waals surface area contributed by atoms with Gasteiger partial charge in [0, 0.05) is 36.0 Å². The van der Waals surface area contributed by atoms with E-state index in [1.807, 2.05) is 43.0 Å². The highest BCUT2D eigenvalue weighted by atomic mass is 19.1. The predicted octanol–water partition coefficient (Wildman–Crippen LogP) is 5.23. The second-order valence-electron chi connectivity index (χ2n) is 9.12. The van der Waals surface area contributed by atoms with Crippen LogP contribution in [-0.2, 0) is 12.5 Å². The lowest BCUT2D eigenvalue weighted by atomic mass is 9.71. The van der Waals surface area contributed by atoms with Gasteiger partial charge >= 0.3 is 0 Å². The third-order valence-electron chi connectivity index (χ3n) is 7.32. The number of hydrogen-bond donors (Lipinski definition) is 0. The van der Waals surface area contributed by atoms with Crippen LogP contribution in [-0.4, -0.2) is 31.3 Å². The van der Waals surface area contributed by atoms with E-state index in [9.17, 15) is 4.39 Å². The average Bonchev–Trinajstić information content (AvgIpc) is 3.30. The standard InChI is InChI=1S/C25H25FN6/c1-16-18(13-29-31(16)2)20-7-8-21-23(30-20)24(28-15-27-21)32-14-25(10-4-3-5-11-25)19-12-17(26)6-9-22(19)32/h6-9,12-13,15H,3-5,10-11,14H2,1-2H3. The van der Waals surface area contributed by atoms with Crippen LogP contribution in [0.5, 0.6) is 0 Å². The maximum absolute atomic E-state index is 14.3. The molecule has 1 fully saturated rings. The van der Waals surface area contributed by atoms with Gasteiger partial charge in [0.05, 0.1) is 17.4 Å². The molecular formula is C25H25FN6. The summed E-state index contributed by atoms with van der Waals surface area (Å²) in [5.41, 5.74) is 6.59. The minimum Gasteiger partial charge on any atom is -0.323 e. The summed E-state index contributed by atoms with van der Waals surface area (Å²) in [7, 11) is 1.93. The SMILES string of the molecule is Cc1c(-c2ccc3ncnc(N4CC5(CCCCC5)c5cc(F)ccc54)c3n2)cnn1C. The van der Waals surface area contributed by atoms with Gasteiger partial charge in [-0.15, -0.1) is 0 Å². The topological polar surface area (TPSA) is 59.7 Å². The Balaban J connectivity index is 1.52. The van der Waals surface area contributed by atoms with Crippen LogP contribution in [0.25, 0.3) is 22.3 Å². The maximum atomic E-state index is 14.3. The van der Waals surface area contributed by atoms with E-state index in [1.165, 1.54) is 19.3 Å². The zero-order valence-corrected chi connectivity index (χ0v) is 18.3. The van der Waals surface area contributed by atoms with E-state index < -0.39 is 0 Å². The molecule has 0 radical (unpaired) electrons. The molecule has 0 atom stereocenters. The van der Waals surface area contributed by atoms with Crippen molar-refractivity contribution in [3.63, 3.8) is 0 Å². The van der Waals surface area contributed by atoms with Gasteiger partial charge in [-0.3, -0.25) is 4.68 Å². The predicted molar refractivity (Wildman–Crippen MR) is 122 cm³/mol. The highest BCUT2D eigenvalue weighted by molar-refractivity contribution is 5.91. The van der Waals surface area contributed by atoms with E-state index in [-0.39, 0.29) is 11.2 Å². The first-order valence-corrected chi connectivity index (χ1v) is 11.2. The van der Waals surface area contributed by atoms with Crippen molar-refractivity contribution in [1.29, 1.82) is 0 Å². The molecule has 0 saturated heterocycles. The van der Waals surface area contributed by atoms with Crippen LogP contribution in [0.3, 0.4) is 0 Å². The molecule has 2 aliphatic rings. The first kappa shape index (κ1) is 19.3. The summed E-state index contributed by atoms with van der Waals surface area (Å²) in [4.78, 5) is 16.4. The van der Waals surface area contributed by atoms with E-state index in [0.717, 1.165) is 64.4 Å². The van der Waals surface area contributed by atoms with Crippen molar-refractivity contribution >= 4 is 22.5 Å². The molecule has 162 valence electrons. The van der Waals surface area contributed by atoms with Crippen LogP contribution in [0.2, 0.25) is 0 Å². The zero-order chi connectivity index (χ0) is 21.9. The summed E-state index contributed by atoms with van der Waals surface area (Å²) in [5.74, 6) is 0.615. The van der Waals surface area contributed by atoms with Crippen LogP contribution >= 0.6 is 0 Å². The van der Waals surface area contributed by atoms with Crippen molar-refractivity contribution in [2.24, 2.45) is 7.05 Å². The number of rotatable bonds is 2. The number of aromatic nitrogens is 5. The Bertz CT molecular complexity index is 1340. The number of halogens is 1. The first-order valence-electron chi connectivity index (χ1n) is 11.2. The number of nitrogens with zero attached hydrogens (tertiary/aromatic N) is 6. The van der Waals surface area contributed by atoms with Gasteiger partial charge in [0.25, 0.3) is 0 Å². The van der Waals surface area contributed by atoms with Crippen LogP contribution in [0, 0.1) is 12.7 Å². The molecule has 6 rings (SSSR count). The smallest absolute Gasteiger partial charge is 0.163 e. The molecule has 0 bridgehead atoms. The van der Waals surface area contributed by atoms with Crippen LogP contribution in [0.4, 0.5) is 15.9 Å². The molecule has 1 aliphatic carbocycles. The Morgan fingerprint density at radius 3 is 2.66 bits per heavy atom. The highest BCUT2D eigenvalue weighted by Crippen LogP contribution is 2.51. The Morgan fingerprint density at radius 2 is 1.88 bits per heavy atom. The normalized spacial score (nSPS) is 17.3. The van der Waals surface area contributed by atoms with E-state index in [4.69, 9.17) is 4.98 Å². The van der Waals surface area contributed by atoms with Crippen LogP contribution < -0.4 is 4.90 Å². The summed E-state index contributed by atoms with van der Waals surface area (Å²) >= 11 is 0. The van der Waals surface area contributed by atoms with Crippen molar-refractivity contribution < 1.29 is 4.39 Å². The third-order valence-corrected chi connectivity index (χ3v) is 7.32. The van der Waals surface area contributed by atoms with E-state index in [2.05, 4.69) is 20.0 Å². The van der Waals surface area contributed by atoms with Gasteiger partial charge in [-0.25, -0.2) is 19.3 Å². The number of fused-ring (bicyclic) bond motifs is 3. The molecule has 1 aromatic carbocycles. The number of anilines is 2. The van der Waals surface area contributed by atoms with Gasteiger partial charge in [0.1, 0.15) is 17.7 Å². The first-order chi connectivity index (χ1) is 15.6. The molecule has 1 spiro atoms. The summed E-state index contributed by atoms with van der Waals surface area (Å²) < 4.78 is 16.1. The van der Waals surface area contributed by atoms with Gasteiger partial charge in [0.2, 0.25) is 0 Å². The molecule has 0 N–H and O–H groups in total. The minimum absolute atomic E-state index is 0.0233. The lowest BCUT2D eigenvalue weighted by Crippen LogP contribution is -2.34. The Morgan fingerprint density at radius 1 is 1.03 bits per heavy atom. The van der Waals surface area contributed by atoms with E-state index >= 15 is 0 Å². The van der Waals surface area contributed by atoms with Gasteiger partial charge in [0.15, 0.2) is 5.82 Å². The fourth-order valence-electron chi connectivity index (χ4n) is 5.51. The molecule has 0 unspecified atom stereocenters. The molecule has 3 aromatic heterocycles. The molecule has 6 nitrogen and oxygen atoms in total. The molecular weight excluding hydrogens is 403 g/mol. The Kier molecular flexibility index (Phi) is 4.28. The van der Waals surface area contributed by atoms with E-state index in [1.54, 1.807) is 18.5 Å². The van der Waals surface area contributed by atoms with Gasteiger partial charge < -0.3 is 4.90 Å². The number of hydrogen-bond acceptors (Lipinski definition) is 5. The van der Waals surface area contributed by atoms with Gasteiger partial charge in [-0.1, -0.05) is 19.3 Å². The van der Waals surface area contributed by atoms with Crippen molar-refractivity contribution in [2.75, 3.05) is 11.4 Å². The second kappa shape index (κ2) is 7.08. The van der Waals surface area contributed by atoms with Gasteiger partial charge in [-0.2, -0.15) is 5.10 Å². The number of benzene rings is 1. The lowest BCUT2D eigenvalue weighted by Gasteiger charge is -2.34. The molecule has 32 heavy (non-hydrogen) atoms. The Hall–Kier alpha value is -3.35. The van der Waals surface area contributed by atoms with Gasteiger partial charge in [-0.05, 0) is 55.7 Å². The largest absolute Gasteiger partial charge is 0.323 e.